The van der Waals surface area contributed by atoms with Gasteiger partial charge < -0.3 is 10.1 Å². The summed E-state index contributed by atoms with van der Waals surface area (Å²) in [5.74, 6) is 0.493. The van der Waals surface area contributed by atoms with E-state index in [-0.39, 0.29) is 6.04 Å². The van der Waals surface area contributed by atoms with Crippen LogP contribution in [0.15, 0.2) is 0 Å². The number of hydrogen-bond acceptors (Lipinski definition) is 5. The first kappa shape index (κ1) is 11.6. The van der Waals surface area contributed by atoms with E-state index in [1.165, 1.54) is 11.3 Å². The van der Waals surface area contributed by atoms with E-state index < -0.39 is 0 Å². The first-order valence-corrected chi connectivity index (χ1v) is 5.67. The number of nitrogens with one attached hydrogen (secondary N) is 2. The van der Waals surface area contributed by atoms with Crippen molar-refractivity contribution in [1.29, 1.82) is 0 Å². The molecule has 2 N–H and O–H groups in total. The highest BCUT2D eigenvalue weighted by molar-refractivity contribution is 7.73. The number of nitrogens with zero attached hydrogens (tertiary/aromatic N) is 1. The zero-order chi connectivity index (χ0) is 10.6. The molecule has 0 saturated heterocycles. The quantitative estimate of drug-likeness (QED) is 0.766. The maximum absolute atomic E-state index is 5.12. The molecule has 0 aliphatic heterocycles. The van der Waals surface area contributed by atoms with Crippen LogP contribution in [0.3, 0.4) is 0 Å². The minimum Gasteiger partial charge on any atom is -0.383 e. The Kier molecular flexibility index (Phi) is 4.50. The molecule has 0 radical (unpaired) electrons. The second kappa shape index (κ2) is 5.43. The third kappa shape index (κ3) is 3.36. The molecule has 80 valence electrons. The summed E-state index contributed by atoms with van der Waals surface area (Å²) in [5, 5.41) is 10.9. The lowest BCUT2D eigenvalue weighted by atomic mass is 10.1. The monoisotopic (exact) mass is 233 g/mol. The highest BCUT2D eigenvalue weighted by Crippen LogP contribution is 2.15. The van der Waals surface area contributed by atoms with E-state index in [9.17, 15) is 0 Å². The normalized spacial score (nSPS) is 13.1. The van der Waals surface area contributed by atoms with Crippen LogP contribution in [-0.4, -0.2) is 30.0 Å². The zero-order valence-electron chi connectivity index (χ0n) is 8.53. The molecule has 14 heavy (non-hydrogen) atoms. The summed E-state index contributed by atoms with van der Waals surface area (Å²) in [6, 6.07) is 0.272. The van der Waals surface area contributed by atoms with Crippen LogP contribution in [0.5, 0.6) is 0 Å². The van der Waals surface area contributed by atoms with Gasteiger partial charge in [0.05, 0.1) is 12.6 Å². The van der Waals surface area contributed by atoms with Crippen molar-refractivity contribution in [2.24, 2.45) is 5.92 Å². The second-order valence-corrected chi connectivity index (χ2v) is 5.03. The lowest BCUT2D eigenvalue weighted by Crippen LogP contribution is -2.30. The van der Waals surface area contributed by atoms with Crippen LogP contribution >= 0.6 is 23.6 Å². The number of methoxy groups -OCH3 is 1. The van der Waals surface area contributed by atoms with Crippen LogP contribution in [-0.2, 0) is 4.74 Å². The van der Waals surface area contributed by atoms with Gasteiger partial charge >= 0.3 is 0 Å². The molecule has 0 aliphatic carbocycles. The highest BCUT2D eigenvalue weighted by atomic mass is 32.1. The van der Waals surface area contributed by atoms with Gasteiger partial charge in [-0.05, 0) is 18.1 Å². The molecule has 1 heterocycles. The van der Waals surface area contributed by atoms with Gasteiger partial charge in [-0.2, -0.15) is 0 Å². The fourth-order valence-corrected chi connectivity index (χ4v) is 1.88. The van der Waals surface area contributed by atoms with Crippen molar-refractivity contribution < 1.29 is 4.74 Å². The zero-order valence-corrected chi connectivity index (χ0v) is 10.2. The van der Waals surface area contributed by atoms with E-state index in [0.717, 1.165) is 5.13 Å². The molecule has 0 bridgehead atoms. The van der Waals surface area contributed by atoms with Crippen LogP contribution in [0.2, 0.25) is 0 Å². The molecule has 4 nitrogen and oxygen atoms in total. The fraction of sp³-hybridized carbons (Fsp3) is 0.750. The Bertz CT molecular complexity index is 320. The molecular formula is C8H15N3OS2. The lowest BCUT2D eigenvalue weighted by molar-refractivity contribution is 0.171. The van der Waals surface area contributed by atoms with Crippen LogP contribution in [0.1, 0.15) is 13.8 Å². The first-order valence-electron chi connectivity index (χ1n) is 4.44. The van der Waals surface area contributed by atoms with Gasteiger partial charge in [0.25, 0.3) is 0 Å². The van der Waals surface area contributed by atoms with Crippen molar-refractivity contribution in [3.63, 3.8) is 0 Å². The molecule has 1 aromatic rings. The number of aromatic amines is 1. The summed E-state index contributed by atoms with van der Waals surface area (Å²) >= 11 is 6.39. The highest BCUT2D eigenvalue weighted by Gasteiger charge is 2.13. The van der Waals surface area contributed by atoms with Gasteiger partial charge in [0.2, 0.25) is 5.13 Å². The minimum atomic E-state index is 0.272. The molecule has 1 rings (SSSR count). The van der Waals surface area contributed by atoms with Gasteiger partial charge in [0.1, 0.15) is 0 Å². The van der Waals surface area contributed by atoms with Crippen molar-refractivity contribution in [1.82, 2.24) is 10.2 Å². The molecule has 0 aromatic carbocycles. The molecule has 1 atom stereocenters. The molecule has 0 spiro atoms. The molecule has 1 aromatic heterocycles. The molecule has 0 saturated carbocycles. The molecule has 1 unspecified atom stereocenters. The smallest absolute Gasteiger partial charge is 0.204 e. The Balaban J connectivity index is 2.59. The number of anilines is 1. The van der Waals surface area contributed by atoms with Crippen molar-refractivity contribution in [3.8, 4) is 0 Å². The van der Waals surface area contributed by atoms with Gasteiger partial charge in [-0.3, -0.25) is 5.10 Å². The molecule has 6 heteroatoms. The second-order valence-electron chi connectivity index (χ2n) is 3.37. The third-order valence-corrected chi connectivity index (χ3v) is 2.92. The molecular weight excluding hydrogens is 218 g/mol. The Morgan fingerprint density at radius 1 is 1.64 bits per heavy atom. The number of rotatable bonds is 5. The number of hydrogen-bond donors (Lipinski definition) is 2. The average Bonchev–Trinajstić information content (AvgIpc) is 2.50. The summed E-state index contributed by atoms with van der Waals surface area (Å²) in [5.41, 5.74) is 0. The number of H-pyrrole nitrogens is 1. The maximum atomic E-state index is 5.12. The van der Waals surface area contributed by atoms with Gasteiger partial charge in [0.15, 0.2) is 3.95 Å². The van der Waals surface area contributed by atoms with E-state index in [4.69, 9.17) is 17.0 Å². The first-order chi connectivity index (χ1) is 6.63. The average molecular weight is 233 g/mol. The van der Waals surface area contributed by atoms with Crippen molar-refractivity contribution in [3.05, 3.63) is 3.95 Å². The molecule has 0 aliphatic rings. The van der Waals surface area contributed by atoms with Gasteiger partial charge in [-0.1, -0.05) is 25.2 Å². The summed E-state index contributed by atoms with van der Waals surface area (Å²) in [6.07, 6.45) is 0. The third-order valence-electron chi connectivity index (χ3n) is 1.90. The summed E-state index contributed by atoms with van der Waals surface area (Å²) in [6.45, 7) is 4.95. The van der Waals surface area contributed by atoms with Crippen LogP contribution in [0.25, 0.3) is 0 Å². The summed E-state index contributed by atoms with van der Waals surface area (Å²) in [4.78, 5) is 0. The minimum absolute atomic E-state index is 0.272. The Hall–Kier alpha value is -0.460. The van der Waals surface area contributed by atoms with Crippen LogP contribution in [0, 0.1) is 9.87 Å². The molecule has 0 amide bonds. The Morgan fingerprint density at radius 2 is 2.36 bits per heavy atom. The predicted octanol–water partition coefficient (Wildman–Crippen LogP) is 2.28. The van der Waals surface area contributed by atoms with E-state index in [1.807, 2.05) is 0 Å². The maximum Gasteiger partial charge on any atom is 0.204 e. The van der Waals surface area contributed by atoms with Gasteiger partial charge in [0, 0.05) is 7.11 Å². The summed E-state index contributed by atoms with van der Waals surface area (Å²) in [7, 11) is 1.70. The topological polar surface area (TPSA) is 49.9 Å². The van der Waals surface area contributed by atoms with E-state index >= 15 is 0 Å². The fourth-order valence-electron chi connectivity index (χ4n) is 1.03. The molecule has 0 fully saturated rings. The number of ether oxygens (including phenoxy) is 1. The summed E-state index contributed by atoms with van der Waals surface area (Å²) < 4.78 is 5.81. The predicted molar refractivity (Wildman–Crippen MR) is 61.4 cm³/mol. The van der Waals surface area contributed by atoms with E-state index in [1.54, 1.807) is 7.11 Å². The van der Waals surface area contributed by atoms with E-state index in [0.29, 0.717) is 16.5 Å². The largest absolute Gasteiger partial charge is 0.383 e. The Labute approximate surface area is 92.7 Å². The van der Waals surface area contributed by atoms with E-state index in [2.05, 4.69) is 29.4 Å². The van der Waals surface area contributed by atoms with Crippen molar-refractivity contribution in [2.75, 3.05) is 19.0 Å². The Morgan fingerprint density at radius 3 is 2.79 bits per heavy atom. The van der Waals surface area contributed by atoms with Gasteiger partial charge in [-0.15, -0.1) is 5.10 Å². The van der Waals surface area contributed by atoms with Crippen molar-refractivity contribution >= 4 is 28.7 Å². The SMILES string of the molecule is COCC(Nc1n[nH]c(=S)s1)C(C)C. The van der Waals surface area contributed by atoms with Crippen LogP contribution in [0.4, 0.5) is 5.13 Å². The lowest BCUT2D eigenvalue weighted by Gasteiger charge is -2.20. The van der Waals surface area contributed by atoms with Crippen molar-refractivity contribution in [2.45, 2.75) is 19.9 Å². The van der Waals surface area contributed by atoms with Gasteiger partial charge in [-0.25, -0.2) is 0 Å². The number of aromatic nitrogens is 2. The standard InChI is InChI=1S/C8H15N3OS2/c1-5(2)6(4-12-3)9-7-10-11-8(13)14-7/h5-6H,4H2,1-3H3,(H,9,10)(H,11,13). The van der Waals surface area contributed by atoms with Crippen LogP contribution < -0.4 is 5.32 Å².